The molecule has 1 amide bonds. The van der Waals surface area contributed by atoms with E-state index in [9.17, 15) is 4.79 Å². The van der Waals surface area contributed by atoms with Crippen molar-refractivity contribution in [3.63, 3.8) is 0 Å². The Bertz CT molecular complexity index is 222. The molecule has 2 atom stereocenters. The summed E-state index contributed by atoms with van der Waals surface area (Å²) in [4.78, 5) is 11.3. The average molecular weight is 198 g/mol. The fraction of sp³-hybridized carbons (Fsp3) is 0.900. The summed E-state index contributed by atoms with van der Waals surface area (Å²) in [5.41, 5.74) is 5.52. The van der Waals surface area contributed by atoms with Crippen LogP contribution in [-0.2, 0) is 9.53 Å². The molecule has 2 rings (SSSR count). The van der Waals surface area contributed by atoms with E-state index >= 15 is 0 Å². The fourth-order valence-corrected chi connectivity index (χ4v) is 2.76. The minimum atomic E-state index is -0.156. The van der Waals surface area contributed by atoms with Gasteiger partial charge in [0.25, 0.3) is 0 Å². The first-order chi connectivity index (χ1) is 6.75. The van der Waals surface area contributed by atoms with Gasteiger partial charge in [-0.3, -0.25) is 4.79 Å². The molecule has 1 spiro atoms. The van der Waals surface area contributed by atoms with E-state index in [1.807, 2.05) is 0 Å². The second-order valence-electron chi connectivity index (χ2n) is 4.41. The molecule has 0 radical (unpaired) electrons. The Morgan fingerprint density at radius 2 is 2.29 bits per heavy atom. The summed E-state index contributed by atoms with van der Waals surface area (Å²) in [5.74, 6) is -0.152. The van der Waals surface area contributed by atoms with E-state index in [0.717, 1.165) is 45.6 Å². The van der Waals surface area contributed by atoms with Crippen LogP contribution in [0.2, 0.25) is 0 Å². The summed E-state index contributed by atoms with van der Waals surface area (Å²) < 4.78 is 5.43. The second kappa shape index (κ2) is 3.87. The Kier molecular flexibility index (Phi) is 2.74. The van der Waals surface area contributed by atoms with E-state index in [1.165, 1.54) is 0 Å². The lowest BCUT2D eigenvalue weighted by atomic mass is 9.72. The Hall–Kier alpha value is -0.610. The Balaban J connectivity index is 2.14. The Morgan fingerprint density at radius 3 is 3.07 bits per heavy atom. The van der Waals surface area contributed by atoms with Gasteiger partial charge in [-0.05, 0) is 24.7 Å². The number of ether oxygens (including phenoxy) is 1. The van der Waals surface area contributed by atoms with Crippen molar-refractivity contribution in [3.8, 4) is 0 Å². The largest absolute Gasteiger partial charge is 0.381 e. The standard InChI is InChI=1S/C10H18N2O2/c11-9(13)8-6-12-7-10(8)2-1-4-14-5-3-10/h8,12H,1-7H2,(H2,11,13). The third-order valence-corrected chi connectivity index (χ3v) is 3.62. The maximum Gasteiger partial charge on any atom is 0.222 e. The van der Waals surface area contributed by atoms with Crippen molar-refractivity contribution >= 4 is 5.91 Å². The zero-order valence-corrected chi connectivity index (χ0v) is 8.42. The summed E-state index contributed by atoms with van der Waals surface area (Å²) in [6.07, 6.45) is 3.08. The minimum Gasteiger partial charge on any atom is -0.381 e. The lowest BCUT2D eigenvalue weighted by Gasteiger charge is -2.31. The molecule has 0 aliphatic carbocycles. The Labute approximate surface area is 84.2 Å². The van der Waals surface area contributed by atoms with E-state index in [-0.39, 0.29) is 17.2 Å². The molecule has 14 heavy (non-hydrogen) atoms. The first-order valence-electron chi connectivity index (χ1n) is 5.32. The summed E-state index contributed by atoms with van der Waals surface area (Å²) in [7, 11) is 0. The van der Waals surface area contributed by atoms with E-state index in [2.05, 4.69) is 5.32 Å². The second-order valence-corrected chi connectivity index (χ2v) is 4.41. The molecular formula is C10H18N2O2. The summed E-state index contributed by atoms with van der Waals surface area (Å²) in [5, 5.41) is 3.29. The molecular weight excluding hydrogens is 180 g/mol. The van der Waals surface area contributed by atoms with Gasteiger partial charge in [0.1, 0.15) is 0 Å². The molecule has 0 aromatic carbocycles. The van der Waals surface area contributed by atoms with E-state index in [1.54, 1.807) is 0 Å². The van der Waals surface area contributed by atoms with Gasteiger partial charge in [-0.25, -0.2) is 0 Å². The van der Waals surface area contributed by atoms with Crippen LogP contribution in [0.3, 0.4) is 0 Å². The molecule has 80 valence electrons. The first kappa shape index (κ1) is 9.93. The van der Waals surface area contributed by atoms with Crippen molar-refractivity contribution in [2.75, 3.05) is 26.3 Å². The molecule has 0 bridgehead atoms. The molecule has 2 heterocycles. The van der Waals surface area contributed by atoms with Crippen LogP contribution in [0.5, 0.6) is 0 Å². The highest BCUT2D eigenvalue weighted by molar-refractivity contribution is 5.78. The first-order valence-corrected chi connectivity index (χ1v) is 5.32. The van der Waals surface area contributed by atoms with Crippen molar-refractivity contribution in [3.05, 3.63) is 0 Å². The minimum absolute atomic E-state index is 0.00389. The van der Waals surface area contributed by atoms with Crippen LogP contribution in [0, 0.1) is 11.3 Å². The number of primary amides is 1. The predicted molar refractivity (Wildman–Crippen MR) is 52.7 cm³/mol. The molecule has 0 saturated carbocycles. The lowest BCUT2D eigenvalue weighted by molar-refractivity contribution is -0.124. The third-order valence-electron chi connectivity index (χ3n) is 3.62. The molecule has 0 aromatic heterocycles. The van der Waals surface area contributed by atoms with Crippen LogP contribution in [0.25, 0.3) is 0 Å². The van der Waals surface area contributed by atoms with Gasteiger partial charge in [-0.2, -0.15) is 0 Å². The van der Waals surface area contributed by atoms with Crippen molar-refractivity contribution in [1.82, 2.24) is 5.32 Å². The van der Waals surface area contributed by atoms with Crippen molar-refractivity contribution in [1.29, 1.82) is 0 Å². The highest BCUT2D eigenvalue weighted by Gasteiger charge is 2.45. The maximum absolute atomic E-state index is 11.3. The smallest absolute Gasteiger partial charge is 0.222 e. The predicted octanol–water partition coefficient (Wildman–Crippen LogP) is -0.122. The van der Waals surface area contributed by atoms with Crippen LogP contribution in [0.4, 0.5) is 0 Å². The molecule has 4 nitrogen and oxygen atoms in total. The molecule has 2 saturated heterocycles. The fourth-order valence-electron chi connectivity index (χ4n) is 2.76. The maximum atomic E-state index is 11.3. The number of nitrogens with one attached hydrogen (secondary N) is 1. The number of hydrogen-bond acceptors (Lipinski definition) is 3. The van der Waals surface area contributed by atoms with Crippen LogP contribution in [0.15, 0.2) is 0 Å². The van der Waals surface area contributed by atoms with Gasteiger partial charge in [0, 0.05) is 26.3 Å². The molecule has 2 fully saturated rings. The van der Waals surface area contributed by atoms with Crippen molar-refractivity contribution < 1.29 is 9.53 Å². The van der Waals surface area contributed by atoms with Gasteiger partial charge in [0.05, 0.1) is 5.92 Å². The van der Waals surface area contributed by atoms with E-state index in [0.29, 0.717) is 0 Å². The van der Waals surface area contributed by atoms with Gasteiger partial charge in [0.15, 0.2) is 0 Å². The molecule has 3 N–H and O–H groups in total. The van der Waals surface area contributed by atoms with Crippen LogP contribution < -0.4 is 11.1 Å². The lowest BCUT2D eigenvalue weighted by Crippen LogP contribution is -2.38. The van der Waals surface area contributed by atoms with Crippen LogP contribution >= 0.6 is 0 Å². The van der Waals surface area contributed by atoms with Crippen molar-refractivity contribution in [2.24, 2.45) is 17.1 Å². The number of rotatable bonds is 1. The quantitative estimate of drug-likeness (QED) is 0.617. The van der Waals surface area contributed by atoms with E-state index in [4.69, 9.17) is 10.5 Å². The van der Waals surface area contributed by atoms with Gasteiger partial charge in [-0.15, -0.1) is 0 Å². The summed E-state index contributed by atoms with van der Waals surface area (Å²) in [6.45, 7) is 3.26. The number of nitrogens with two attached hydrogens (primary N) is 1. The van der Waals surface area contributed by atoms with Gasteiger partial charge >= 0.3 is 0 Å². The molecule has 2 aliphatic heterocycles. The Morgan fingerprint density at radius 1 is 1.43 bits per heavy atom. The highest BCUT2D eigenvalue weighted by atomic mass is 16.5. The van der Waals surface area contributed by atoms with E-state index < -0.39 is 0 Å². The molecule has 4 heteroatoms. The third kappa shape index (κ3) is 1.64. The van der Waals surface area contributed by atoms with Gasteiger partial charge in [-0.1, -0.05) is 0 Å². The number of carbonyl (C=O) groups is 1. The van der Waals surface area contributed by atoms with Gasteiger partial charge < -0.3 is 15.8 Å². The zero-order chi connectivity index (χ0) is 10.0. The summed E-state index contributed by atoms with van der Waals surface area (Å²) in [6, 6.07) is 0. The van der Waals surface area contributed by atoms with Crippen LogP contribution in [-0.4, -0.2) is 32.2 Å². The normalized spacial score (nSPS) is 38.4. The number of amides is 1. The number of hydrogen-bond donors (Lipinski definition) is 2. The van der Waals surface area contributed by atoms with Gasteiger partial charge in [0.2, 0.25) is 5.91 Å². The summed E-state index contributed by atoms with van der Waals surface area (Å²) >= 11 is 0. The average Bonchev–Trinajstić information content (AvgIpc) is 2.39. The highest BCUT2D eigenvalue weighted by Crippen LogP contribution is 2.40. The van der Waals surface area contributed by atoms with Crippen molar-refractivity contribution in [2.45, 2.75) is 19.3 Å². The zero-order valence-electron chi connectivity index (χ0n) is 8.42. The molecule has 2 aliphatic rings. The molecule has 2 unspecified atom stereocenters. The van der Waals surface area contributed by atoms with Crippen LogP contribution in [0.1, 0.15) is 19.3 Å². The molecule has 0 aromatic rings. The number of carbonyl (C=O) groups excluding carboxylic acids is 1. The monoisotopic (exact) mass is 198 g/mol. The SMILES string of the molecule is NC(=O)C1CNCC12CCCOCC2. The topological polar surface area (TPSA) is 64.4 Å².